The molecule has 0 bridgehead atoms. The number of nitrogens with one attached hydrogen (secondary N) is 1. The molecule has 69 heavy (non-hydrogen) atoms. The third-order valence-electron chi connectivity index (χ3n) is 12.7. The van der Waals surface area contributed by atoms with Crippen molar-refractivity contribution in [3.05, 3.63) is 41.0 Å². The molecular formula is C42H59Cl2N4O19PPt. The van der Waals surface area contributed by atoms with Crippen LogP contribution in [-0.2, 0) is 68.2 Å². The number of aromatic hydroxyl groups is 1. The number of hydrogen-bond acceptors (Lipinski definition) is 21. The Morgan fingerprint density at radius 1 is 0.928 bits per heavy atom. The number of cyclic esters (lactones) is 1. The van der Waals surface area contributed by atoms with Crippen LogP contribution in [0.25, 0.3) is 0 Å². The van der Waals surface area contributed by atoms with Crippen molar-refractivity contribution in [1.29, 1.82) is 0 Å². The average molecular weight is 1220 g/mol. The normalized spacial score (nSPS) is 31.2. The fourth-order valence-electron chi connectivity index (χ4n) is 9.08. The Morgan fingerprint density at radius 2 is 1.57 bits per heavy atom. The van der Waals surface area contributed by atoms with E-state index >= 15 is 0 Å². The summed E-state index contributed by atoms with van der Waals surface area (Å²) in [4.78, 5) is 33.8. The van der Waals surface area contributed by atoms with Gasteiger partial charge in [-0.25, -0.2) is 9.76 Å². The maximum absolute atomic E-state index is 13.4. The number of phenolic OH excluding ortho intramolecular Hbond substituents is 1. The minimum Gasteiger partial charge on any atom is -0.549 e. The number of phenols is 1. The number of aliphatic hydroxyl groups is 2. The Kier molecular flexibility index (Phi) is 21.2. The molecule has 390 valence electrons. The summed E-state index contributed by atoms with van der Waals surface area (Å²) in [6, 6.07) is 6.93. The van der Waals surface area contributed by atoms with Gasteiger partial charge in [-0.1, -0.05) is 6.42 Å². The molecule has 9 rings (SSSR count). The Hall–Kier alpha value is -3.09. The van der Waals surface area contributed by atoms with Crippen LogP contribution in [0.3, 0.4) is 0 Å². The quantitative estimate of drug-likeness (QED) is 0.0752. The maximum atomic E-state index is 13.4. The van der Waals surface area contributed by atoms with Crippen molar-refractivity contribution in [2.24, 2.45) is 17.3 Å². The van der Waals surface area contributed by atoms with Gasteiger partial charge in [0.1, 0.15) is 24.4 Å². The van der Waals surface area contributed by atoms with E-state index in [9.17, 15) is 44.5 Å². The zero-order chi connectivity index (χ0) is 47.5. The molecule has 1 saturated carbocycles. The second kappa shape index (κ2) is 25.0. The van der Waals surface area contributed by atoms with Gasteiger partial charge in [0.15, 0.2) is 35.6 Å². The first-order valence-electron chi connectivity index (χ1n) is 21.4. The maximum Gasteiger partial charge on any atom is 2.00 e. The number of halogens is 2. The molecule has 23 nitrogen and oxygen atoms in total. The summed E-state index contributed by atoms with van der Waals surface area (Å²) >= 11 is 11.1. The number of esters is 1. The molecule has 2 aliphatic carbocycles. The molecule has 5 aliphatic heterocycles. The molecule has 4 saturated heterocycles. The van der Waals surface area contributed by atoms with E-state index in [1.54, 1.807) is 35.9 Å². The van der Waals surface area contributed by atoms with E-state index in [0.29, 0.717) is 66.1 Å². The zero-order valence-electron chi connectivity index (χ0n) is 38.0. The summed E-state index contributed by atoms with van der Waals surface area (Å²) in [6.45, 7) is 4.29. The minimum atomic E-state index is -2.84. The molecule has 27 heteroatoms. The summed E-state index contributed by atoms with van der Waals surface area (Å²) in [5.41, 5.74) is 0.347. The third-order valence-corrected chi connectivity index (χ3v) is 15.3. The first-order chi connectivity index (χ1) is 31.6. The predicted molar refractivity (Wildman–Crippen MR) is 234 cm³/mol. The first-order valence-corrected chi connectivity index (χ1v) is 24.0. The second-order valence-corrected chi connectivity index (χ2v) is 19.4. The summed E-state index contributed by atoms with van der Waals surface area (Å²) in [7, 11) is 0.0173. The van der Waals surface area contributed by atoms with E-state index in [1.165, 1.54) is 14.2 Å². The molecule has 7 aliphatic rings. The van der Waals surface area contributed by atoms with Gasteiger partial charge in [0.2, 0.25) is 12.5 Å². The molecule has 10 N–H and O–H groups in total. The SMILES string of the molecule is COc1cc([C@@H]2c3cc4c(cc3[C@@H](O[C@@H]3O[C@@H]5CO[C@@H](C)O[C@H]5[C@H](O)[C@H]3O)[C@H]3COC(=O)[C@H]23)OCO4)cc(OC)c1O.N.N.O=C([O-])C1(C(=O)[O-])CCC1.O=P1(NCCCl)OCCCN1CCCl.[Pt+2]. The molecule has 0 spiro atoms. The molecule has 5 fully saturated rings. The van der Waals surface area contributed by atoms with Gasteiger partial charge >= 0.3 is 34.7 Å². The Labute approximate surface area is 422 Å². The number of carboxylic acid groups (broad SMARTS) is 2. The fraction of sp³-hybridized carbons (Fsp3) is 0.643. The topological polar surface area (TPSA) is 353 Å². The Bertz CT molecular complexity index is 2100. The summed E-state index contributed by atoms with van der Waals surface area (Å²) in [5.74, 6) is -3.18. The van der Waals surface area contributed by atoms with Crippen molar-refractivity contribution in [3.8, 4) is 28.7 Å². The number of nitrogens with zero attached hydrogens (tertiary/aromatic N) is 1. The first kappa shape index (κ1) is 58.5. The Morgan fingerprint density at radius 3 is 2.12 bits per heavy atom. The van der Waals surface area contributed by atoms with Gasteiger partial charge in [0.05, 0.1) is 58.0 Å². The zero-order valence-corrected chi connectivity index (χ0v) is 42.7. The smallest absolute Gasteiger partial charge is 0.549 e. The third kappa shape index (κ3) is 11.9. The van der Waals surface area contributed by atoms with Crippen LogP contribution in [0.4, 0.5) is 0 Å². The van der Waals surface area contributed by atoms with Crippen LogP contribution in [0.15, 0.2) is 24.3 Å². The van der Waals surface area contributed by atoms with Gasteiger partial charge in [0, 0.05) is 48.6 Å². The second-order valence-electron chi connectivity index (χ2n) is 16.4. The minimum absolute atomic E-state index is 0. The molecule has 11 atom stereocenters. The van der Waals surface area contributed by atoms with Crippen LogP contribution in [0.5, 0.6) is 28.7 Å². The molecular weight excluding hydrogens is 1160 g/mol. The number of aliphatic carboxylic acids is 2. The average Bonchev–Trinajstić information content (AvgIpc) is 3.91. The van der Waals surface area contributed by atoms with Crippen LogP contribution in [0.1, 0.15) is 61.3 Å². The van der Waals surface area contributed by atoms with Gasteiger partial charge in [-0.3, -0.25) is 9.36 Å². The van der Waals surface area contributed by atoms with E-state index in [0.717, 1.165) is 13.0 Å². The van der Waals surface area contributed by atoms with E-state index in [4.69, 9.17) is 70.4 Å². The molecule has 0 amide bonds. The van der Waals surface area contributed by atoms with Crippen molar-refractivity contribution >= 4 is 48.8 Å². The number of carbonyl (C=O) groups is 3. The number of ether oxygens (including phenoxy) is 9. The molecule has 2 aromatic carbocycles. The van der Waals surface area contributed by atoms with E-state index in [2.05, 4.69) is 5.09 Å². The van der Waals surface area contributed by atoms with Gasteiger partial charge in [-0.05, 0) is 67.1 Å². The summed E-state index contributed by atoms with van der Waals surface area (Å²) < 4.78 is 70.8. The summed E-state index contributed by atoms with van der Waals surface area (Å²) in [6.07, 6.45) is -4.98. The van der Waals surface area contributed by atoms with Crippen LogP contribution < -0.4 is 46.5 Å². The number of methoxy groups -OCH3 is 2. The number of carbonyl (C=O) groups excluding carboxylic acids is 3. The van der Waals surface area contributed by atoms with E-state index in [-0.39, 0.29) is 83.5 Å². The number of hydrogen-bond donors (Lipinski definition) is 6. The van der Waals surface area contributed by atoms with Crippen molar-refractivity contribution < 1.29 is 113 Å². The van der Waals surface area contributed by atoms with Crippen LogP contribution in [-0.4, -0.2) is 147 Å². The molecule has 0 radical (unpaired) electrons. The van der Waals surface area contributed by atoms with Gasteiger partial charge in [-0.15, -0.1) is 23.2 Å². The number of rotatable bonds is 12. The van der Waals surface area contributed by atoms with Crippen molar-refractivity contribution in [1.82, 2.24) is 22.1 Å². The van der Waals surface area contributed by atoms with E-state index in [1.807, 2.05) is 0 Å². The van der Waals surface area contributed by atoms with Crippen LogP contribution >= 0.6 is 30.9 Å². The Balaban J connectivity index is 0.000000317. The number of alkyl halides is 2. The number of aliphatic hydroxyl groups excluding tert-OH is 2. The van der Waals surface area contributed by atoms with Gasteiger partial charge in [0.25, 0.3) is 0 Å². The molecule has 2 aromatic rings. The van der Waals surface area contributed by atoms with Crippen LogP contribution in [0, 0.1) is 17.3 Å². The van der Waals surface area contributed by atoms with Crippen molar-refractivity contribution in [2.45, 2.75) is 81.6 Å². The number of benzene rings is 2. The van der Waals surface area contributed by atoms with E-state index < -0.39 is 91.8 Å². The van der Waals surface area contributed by atoms with Crippen molar-refractivity contribution in [2.75, 3.05) is 72.2 Å². The molecule has 1 unspecified atom stereocenters. The molecule has 5 heterocycles. The molecule has 0 aromatic heterocycles. The predicted octanol–water partition coefficient (Wildman–Crippen LogP) is 1.20. The summed E-state index contributed by atoms with van der Waals surface area (Å²) in [5, 5.41) is 55.8. The van der Waals surface area contributed by atoms with Gasteiger partial charge in [-0.2, -0.15) is 0 Å². The number of carboxylic acids is 2. The largest absolute Gasteiger partial charge is 2.00 e. The monoisotopic (exact) mass is 1220 g/mol. The fourth-order valence-corrected chi connectivity index (χ4v) is 11.6. The number of fused-ring (bicyclic) bond motifs is 4. The van der Waals surface area contributed by atoms with Gasteiger partial charge < -0.3 is 94.6 Å². The van der Waals surface area contributed by atoms with Crippen LogP contribution in [0.2, 0.25) is 0 Å². The standard InChI is InChI=1S/C29H32O13.C7H15Cl2N2O2P.C6H8O4.2H3N.Pt/c1-11-36-9-20-27(40-11)24(31)25(32)29(41-20)42-26-14-7-17-16(38-10-39-17)6-13(14)21(22-15(26)8-37-28(22)33)12-4-18(34-2)23(30)19(5-12)35-3;8-2-4-10-14(12)11(6-3-9)5-1-7-13-14;7-4(8)6(5(9)10)2-1-3-6;;;/h4-7,11,15,20-22,24-27,29-32H,8-10H2,1-3H3;1-7H2,(H,10,12);1-3H2,(H,7,8)(H,9,10);2*1H3;/q;;;;;+2/p-2/t11-,15+,20-,21-,22+,24-,25-,26-,27-,29+;;;;;/m1...../s1. The van der Waals surface area contributed by atoms with Crippen molar-refractivity contribution in [3.63, 3.8) is 0 Å².